The molecule has 1 fully saturated rings. The van der Waals surface area contributed by atoms with E-state index in [4.69, 9.17) is 0 Å². The van der Waals surface area contributed by atoms with Gasteiger partial charge in [-0.05, 0) is 36.0 Å². The molecule has 0 atom stereocenters. The van der Waals surface area contributed by atoms with Crippen molar-refractivity contribution in [2.24, 2.45) is 0 Å². The van der Waals surface area contributed by atoms with Gasteiger partial charge in [-0.25, -0.2) is 0 Å². The number of alkyl halides is 4. The zero-order valence-corrected chi connectivity index (χ0v) is 10.9. The lowest BCUT2D eigenvalue weighted by molar-refractivity contribution is -0.138. The van der Waals surface area contributed by atoms with Crippen LogP contribution in [0.2, 0.25) is 0 Å². The lowest BCUT2D eigenvalue weighted by Gasteiger charge is -2.18. The van der Waals surface area contributed by atoms with Crippen LogP contribution in [0.1, 0.15) is 48.3 Å². The fraction of sp³-hybridized carbons (Fsp3) is 0.538. The van der Waals surface area contributed by atoms with Crippen LogP contribution in [0.3, 0.4) is 0 Å². The predicted molar refractivity (Wildman–Crippen MR) is 65.3 cm³/mol. The third-order valence-corrected chi connectivity index (χ3v) is 4.02. The van der Waals surface area contributed by atoms with Crippen molar-refractivity contribution in [3.8, 4) is 0 Å². The highest BCUT2D eigenvalue weighted by atomic mass is 79.9. The lowest BCUT2D eigenvalue weighted by atomic mass is 9.91. The molecule has 0 heterocycles. The van der Waals surface area contributed by atoms with E-state index in [1.165, 1.54) is 6.07 Å². The molecule has 0 bridgehead atoms. The van der Waals surface area contributed by atoms with E-state index >= 15 is 0 Å². The van der Waals surface area contributed by atoms with Crippen molar-refractivity contribution in [1.29, 1.82) is 0 Å². The van der Waals surface area contributed by atoms with Crippen molar-refractivity contribution in [1.82, 2.24) is 0 Å². The normalized spacial score (nSPS) is 17.6. The summed E-state index contributed by atoms with van der Waals surface area (Å²) in [6.07, 6.45) is -0.381. The van der Waals surface area contributed by atoms with Crippen molar-refractivity contribution in [2.45, 2.75) is 43.1 Å². The van der Waals surface area contributed by atoms with Crippen LogP contribution in [0.25, 0.3) is 0 Å². The minimum atomic E-state index is -4.24. The summed E-state index contributed by atoms with van der Waals surface area (Å²) >= 11 is 3.20. The second-order valence-electron chi connectivity index (χ2n) is 4.53. The van der Waals surface area contributed by atoms with E-state index in [0.717, 1.165) is 25.7 Å². The highest BCUT2D eigenvalue weighted by Gasteiger charge is 2.35. The average molecular weight is 307 g/mol. The maximum atomic E-state index is 13.0. The second kappa shape index (κ2) is 5.01. The summed E-state index contributed by atoms with van der Waals surface area (Å²) in [7, 11) is 0. The molecule has 17 heavy (non-hydrogen) atoms. The summed E-state index contributed by atoms with van der Waals surface area (Å²) < 4.78 is 39.0. The summed E-state index contributed by atoms with van der Waals surface area (Å²) in [5.41, 5.74) is 0.722. The quantitative estimate of drug-likeness (QED) is 0.654. The van der Waals surface area contributed by atoms with Gasteiger partial charge in [0, 0.05) is 5.33 Å². The molecular formula is C13H14BrF3. The molecule has 0 aliphatic heterocycles. The Labute approximate surface area is 107 Å². The average Bonchev–Trinajstić information content (AvgIpc) is 2.80. The van der Waals surface area contributed by atoms with Crippen molar-refractivity contribution < 1.29 is 13.2 Å². The van der Waals surface area contributed by atoms with E-state index in [2.05, 4.69) is 15.9 Å². The van der Waals surface area contributed by atoms with Gasteiger partial charge in [-0.3, -0.25) is 0 Å². The minimum Gasteiger partial charge on any atom is -0.166 e. The molecule has 2 rings (SSSR count). The summed E-state index contributed by atoms with van der Waals surface area (Å²) in [4.78, 5) is 0. The molecule has 0 aromatic heterocycles. The van der Waals surface area contributed by atoms with Crippen LogP contribution in [-0.4, -0.2) is 0 Å². The number of rotatable bonds is 2. The van der Waals surface area contributed by atoms with E-state index in [-0.39, 0.29) is 5.92 Å². The van der Waals surface area contributed by atoms with E-state index in [0.29, 0.717) is 16.5 Å². The van der Waals surface area contributed by atoms with Gasteiger partial charge in [0.05, 0.1) is 5.56 Å². The van der Waals surface area contributed by atoms with E-state index in [1.54, 1.807) is 12.1 Å². The highest BCUT2D eigenvalue weighted by Crippen LogP contribution is 2.41. The molecule has 94 valence electrons. The molecule has 1 aromatic rings. The molecular weight excluding hydrogens is 293 g/mol. The Morgan fingerprint density at radius 3 is 2.35 bits per heavy atom. The van der Waals surface area contributed by atoms with Crippen LogP contribution >= 0.6 is 15.9 Å². The van der Waals surface area contributed by atoms with Crippen LogP contribution in [0.15, 0.2) is 18.2 Å². The zero-order chi connectivity index (χ0) is 12.5. The third-order valence-electron chi connectivity index (χ3n) is 3.37. The van der Waals surface area contributed by atoms with Crippen molar-refractivity contribution in [2.75, 3.05) is 0 Å². The molecule has 0 saturated heterocycles. The Balaban J connectivity index is 2.42. The standard InChI is InChI=1S/C13H14BrF3/c14-8-9-5-6-11(10-3-1-2-4-10)12(7-9)13(15,16)17/h5-7,10H,1-4,8H2. The SMILES string of the molecule is FC(F)(F)c1cc(CBr)ccc1C1CCCC1. The first-order valence-electron chi connectivity index (χ1n) is 5.78. The van der Waals surface area contributed by atoms with Crippen LogP contribution in [0.4, 0.5) is 13.2 Å². The number of halogens is 4. The van der Waals surface area contributed by atoms with Gasteiger partial charge in [0.1, 0.15) is 0 Å². The molecule has 1 aliphatic rings. The fourth-order valence-corrected chi connectivity index (χ4v) is 2.87. The molecule has 0 spiro atoms. The van der Waals surface area contributed by atoms with Gasteiger partial charge in [-0.15, -0.1) is 0 Å². The van der Waals surface area contributed by atoms with Crippen LogP contribution in [0, 0.1) is 0 Å². The van der Waals surface area contributed by atoms with Gasteiger partial charge in [-0.1, -0.05) is 40.9 Å². The summed E-state index contributed by atoms with van der Waals surface area (Å²) in [5, 5.41) is 0.459. The number of hydrogen-bond acceptors (Lipinski definition) is 0. The Bertz CT molecular complexity index is 392. The van der Waals surface area contributed by atoms with E-state index < -0.39 is 11.7 Å². The summed E-state index contributed by atoms with van der Waals surface area (Å²) in [5.74, 6) is 0.0935. The molecule has 1 aromatic carbocycles. The van der Waals surface area contributed by atoms with Gasteiger partial charge in [0.2, 0.25) is 0 Å². The third kappa shape index (κ3) is 2.84. The Kier molecular flexibility index (Phi) is 3.81. The first-order chi connectivity index (χ1) is 8.02. The van der Waals surface area contributed by atoms with Gasteiger partial charge in [0.25, 0.3) is 0 Å². The monoisotopic (exact) mass is 306 g/mol. The lowest BCUT2D eigenvalue weighted by Crippen LogP contribution is -2.11. The molecule has 4 heteroatoms. The predicted octanol–water partition coefficient (Wildman–Crippen LogP) is 5.26. The highest BCUT2D eigenvalue weighted by molar-refractivity contribution is 9.08. The zero-order valence-electron chi connectivity index (χ0n) is 9.36. The summed E-state index contributed by atoms with van der Waals surface area (Å²) in [6.45, 7) is 0. The first kappa shape index (κ1) is 12.9. The topological polar surface area (TPSA) is 0 Å². The number of hydrogen-bond donors (Lipinski definition) is 0. The van der Waals surface area contributed by atoms with Crippen LogP contribution in [0.5, 0.6) is 0 Å². The largest absolute Gasteiger partial charge is 0.416 e. The van der Waals surface area contributed by atoms with Crippen molar-refractivity contribution in [3.05, 3.63) is 34.9 Å². The van der Waals surface area contributed by atoms with Crippen LogP contribution in [-0.2, 0) is 11.5 Å². The molecule has 1 saturated carbocycles. The smallest absolute Gasteiger partial charge is 0.166 e. The molecule has 0 amide bonds. The maximum Gasteiger partial charge on any atom is 0.416 e. The van der Waals surface area contributed by atoms with Gasteiger partial charge < -0.3 is 0 Å². The van der Waals surface area contributed by atoms with Crippen molar-refractivity contribution in [3.63, 3.8) is 0 Å². The Morgan fingerprint density at radius 1 is 1.18 bits per heavy atom. The van der Waals surface area contributed by atoms with Crippen LogP contribution < -0.4 is 0 Å². The van der Waals surface area contributed by atoms with Gasteiger partial charge in [-0.2, -0.15) is 13.2 Å². The Morgan fingerprint density at radius 2 is 1.82 bits per heavy atom. The molecule has 0 unspecified atom stereocenters. The first-order valence-corrected chi connectivity index (χ1v) is 6.90. The molecule has 1 aliphatic carbocycles. The number of benzene rings is 1. The van der Waals surface area contributed by atoms with Gasteiger partial charge in [0.15, 0.2) is 0 Å². The van der Waals surface area contributed by atoms with Crippen molar-refractivity contribution >= 4 is 15.9 Å². The van der Waals surface area contributed by atoms with Gasteiger partial charge >= 0.3 is 6.18 Å². The molecule has 0 radical (unpaired) electrons. The Hall–Kier alpha value is -0.510. The molecule has 0 N–H and O–H groups in total. The minimum absolute atomic E-state index is 0.0935. The maximum absolute atomic E-state index is 13.0. The molecule has 0 nitrogen and oxygen atoms in total. The van der Waals surface area contributed by atoms with E-state index in [1.807, 2.05) is 0 Å². The summed E-state index contributed by atoms with van der Waals surface area (Å²) in [6, 6.07) is 4.73. The second-order valence-corrected chi connectivity index (χ2v) is 5.10. The van der Waals surface area contributed by atoms with E-state index in [9.17, 15) is 13.2 Å². The fourth-order valence-electron chi connectivity index (χ4n) is 2.52.